The summed E-state index contributed by atoms with van der Waals surface area (Å²) < 4.78 is 1.97. The highest BCUT2D eigenvalue weighted by atomic mass is 15.3. The van der Waals surface area contributed by atoms with Gasteiger partial charge in [0, 0.05) is 44.0 Å². The summed E-state index contributed by atoms with van der Waals surface area (Å²) in [6, 6.07) is 7.04. The summed E-state index contributed by atoms with van der Waals surface area (Å²) in [6.45, 7) is 8.93. The Bertz CT molecular complexity index is 672. The fourth-order valence-electron chi connectivity index (χ4n) is 3.39. The average molecular weight is 284 g/mol. The number of fused-ring (bicyclic) bond motifs is 1. The van der Waals surface area contributed by atoms with Crippen LogP contribution in [-0.2, 0) is 20.1 Å². The third-order valence-electron chi connectivity index (χ3n) is 4.72. The van der Waals surface area contributed by atoms with Crippen molar-refractivity contribution in [3.05, 3.63) is 51.8 Å². The third-order valence-corrected chi connectivity index (χ3v) is 4.72. The van der Waals surface area contributed by atoms with Crippen LogP contribution in [0.5, 0.6) is 0 Å². The van der Waals surface area contributed by atoms with Gasteiger partial charge >= 0.3 is 0 Å². The Kier molecular flexibility index (Phi) is 3.59. The van der Waals surface area contributed by atoms with Gasteiger partial charge in [-0.05, 0) is 31.9 Å². The van der Waals surface area contributed by atoms with Gasteiger partial charge in [0.2, 0.25) is 0 Å². The number of nitrogens with two attached hydrogens (primary N) is 1. The Balaban J connectivity index is 1.91. The maximum atomic E-state index is 6.06. The van der Waals surface area contributed by atoms with Crippen LogP contribution in [0.15, 0.2) is 18.2 Å². The first-order chi connectivity index (χ1) is 10.0. The molecule has 0 spiro atoms. The molecule has 2 heterocycles. The SMILES string of the molecule is Cc1ccc2c(c1)C(CN)N(Cc1c(C)nn(C)c1C)C2. The Morgan fingerprint density at radius 2 is 2.05 bits per heavy atom. The molecular formula is C17H24N4. The van der Waals surface area contributed by atoms with Crippen molar-refractivity contribution >= 4 is 0 Å². The molecule has 1 aliphatic heterocycles. The first kappa shape index (κ1) is 14.3. The molecule has 0 amide bonds. The monoisotopic (exact) mass is 284 g/mol. The minimum absolute atomic E-state index is 0.318. The summed E-state index contributed by atoms with van der Waals surface area (Å²) in [4.78, 5) is 2.47. The fraction of sp³-hybridized carbons (Fsp3) is 0.471. The molecule has 112 valence electrons. The molecule has 4 heteroatoms. The lowest BCUT2D eigenvalue weighted by atomic mass is 10.0. The molecule has 0 bridgehead atoms. The van der Waals surface area contributed by atoms with Gasteiger partial charge in [0.25, 0.3) is 0 Å². The molecule has 0 fully saturated rings. The molecule has 0 saturated heterocycles. The summed E-state index contributed by atoms with van der Waals surface area (Å²) in [7, 11) is 2.01. The summed E-state index contributed by atoms with van der Waals surface area (Å²) >= 11 is 0. The number of aromatic nitrogens is 2. The second kappa shape index (κ2) is 5.28. The van der Waals surface area contributed by atoms with Crippen molar-refractivity contribution in [3.8, 4) is 0 Å². The van der Waals surface area contributed by atoms with Gasteiger partial charge in [-0.25, -0.2) is 0 Å². The van der Waals surface area contributed by atoms with E-state index in [4.69, 9.17) is 5.73 Å². The van der Waals surface area contributed by atoms with Crippen LogP contribution in [0.1, 0.15) is 39.7 Å². The van der Waals surface area contributed by atoms with Crippen LogP contribution in [0, 0.1) is 20.8 Å². The summed E-state index contributed by atoms with van der Waals surface area (Å²) in [5.74, 6) is 0. The minimum Gasteiger partial charge on any atom is -0.329 e. The van der Waals surface area contributed by atoms with Crippen LogP contribution in [0.3, 0.4) is 0 Å². The standard InChI is InChI=1S/C17H24N4/c1-11-5-6-14-9-21(17(8-18)15(14)7-11)10-16-12(2)19-20(4)13(16)3/h5-7,17H,8-10,18H2,1-4H3. The van der Waals surface area contributed by atoms with Crippen LogP contribution in [0.4, 0.5) is 0 Å². The van der Waals surface area contributed by atoms with Crippen LogP contribution in [-0.4, -0.2) is 21.2 Å². The van der Waals surface area contributed by atoms with E-state index in [0.29, 0.717) is 12.6 Å². The molecule has 1 aliphatic rings. The normalized spacial score (nSPS) is 18.2. The minimum atomic E-state index is 0.318. The fourth-order valence-corrected chi connectivity index (χ4v) is 3.39. The van der Waals surface area contributed by atoms with E-state index in [1.165, 1.54) is 27.9 Å². The molecule has 4 nitrogen and oxygen atoms in total. The summed E-state index contributed by atoms with van der Waals surface area (Å²) in [6.07, 6.45) is 0. The van der Waals surface area contributed by atoms with Crippen LogP contribution in [0.2, 0.25) is 0 Å². The predicted octanol–water partition coefficient (Wildman–Crippen LogP) is 2.36. The van der Waals surface area contributed by atoms with Crippen LogP contribution < -0.4 is 5.73 Å². The number of hydrogen-bond donors (Lipinski definition) is 1. The third kappa shape index (κ3) is 2.39. The van der Waals surface area contributed by atoms with E-state index in [1.807, 2.05) is 11.7 Å². The molecule has 0 saturated carbocycles. The molecule has 2 aromatic rings. The van der Waals surface area contributed by atoms with Gasteiger partial charge in [0.15, 0.2) is 0 Å². The maximum Gasteiger partial charge on any atom is 0.0641 e. The maximum absolute atomic E-state index is 6.06. The molecule has 2 N–H and O–H groups in total. The van der Waals surface area contributed by atoms with Crippen LogP contribution >= 0.6 is 0 Å². The van der Waals surface area contributed by atoms with Crippen molar-refractivity contribution in [2.24, 2.45) is 12.8 Å². The zero-order chi connectivity index (χ0) is 15.1. The quantitative estimate of drug-likeness (QED) is 0.941. The van der Waals surface area contributed by atoms with E-state index in [0.717, 1.165) is 18.8 Å². The largest absolute Gasteiger partial charge is 0.329 e. The van der Waals surface area contributed by atoms with Crippen molar-refractivity contribution in [2.45, 2.75) is 39.9 Å². The molecule has 0 radical (unpaired) electrons. The molecule has 1 atom stereocenters. The van der Waals surface area contributed by atoms with Crippen molar-refractivity contribution in [1.82, 2.24) is 14.7 Å². The molecule has 3 rings (SSSR count). The summed E-state index contributed by atoms with van der Waals surface area (Å²) in [5, 5.41) is 4.53. The van der Waals surface area contributed by atoms with Gasteiger partial charge < -0.3 is 5.73 Å². The number of hydrogen-bond acceptors (Lipinski definition) is 3. The van der Waals surface area contributed by atoms with Crippen molar-refractivity contribution in [1.29, 1.82) is 0 Å². The first-order valence-corrected chi connectivity index (χ1v) is 7.54. The highest BCUT2D eigenvalue weighted by Gasteiger charge is 2.30. The van der Waals surface area contributed by atoms with Gasteiger partial charge in [-0.1, -0.05) is 23.8 Å². The second-order valence-electron chi connectivity index (χ2n) is 6.13. The summed E-state index contributed by atoms with van der Waals surface area (Å²) in [5.41, 5.74) is 13.9. The molecule has 1 aromatic heterocycles. The van der Waals surface area contributed by atoms with E-state index in [9.17, 15) is 0 Å². The number of rotatable bonds is 3. The lowest BCUT2D eigenvalue weighted by Gasteiger charge is -2.24. The zero-order valence-electron chi connectivity index (χ0n) is 13.3. The molecule has 21 heavy (non-hydrogen) atoms. The number of aryl methyl sites for hydroxylation is 3. The van der Waals surface area contributed by atoms with Gasteiger partial charge in [0.05, 0.1) is 5.69 Å². The van der Waals surface area contributed by atoms with E-state index in [-0.39, 0.29) is 0 Å². The zero-order valence-corrected chi connectivity index (χ0v) is 13.3. The lowest BCUT2D eigenvalue weighted by molar-refractivity contribution is 0.210. The highest BCUT2D eigenvalue weighted by Crippen LogP contribution is 2.35. The lowest BCUT2D eigenvalue weighted by Crippen LogP contribution is -2.28. The van der Waals surface area contributed by atoms with Gasteiger partial charge in [-0.3, -0.25) is 9.58 Å². The Morgan fingerprint density at radius 1 is 1.29 bits per heavy atom. The van der Waals surface area contributed by atoms with Crippen LogP contribution in [0.25, 0.3) is 0 Å². The first-order valence-electron chi connectivity index (χ1n) is 7.54. The van der Waals surface area contributed by atoms with Crippen molar-refractivity contribution < 1.29 is 0 Å². The Hall–Kier alpha value is -1.65. The number of benzene rings is 1. The number of nitrogens with zero attached hydrogens (tertiary/aromatic N) is 3. The second-order valence-corrected chi connectivity index (χ2v) is 6.13. The molecule has 1 aromatic carbocycles. The topological polar surface area (TPSA) is 47.1 Å². The predicted molar refractivity (Wildman–Crippen MR) is 84.9 cm³/mol. The van der Waals surface area contributed by atoms with Gasteiger partial charge in [-0.15, -0.1) is 0 Å². The van der Waals surface area contributed by atoms with E-state index in [2.05, 4.69) is 49.0 Å². The van der Waals surface area contributed by atoms with Crippen molar-refractivity contribution in [2.75, 3.05) is 6.54 Å². The van der Waals surface area contributed by atoms with E-state index in [1.54, 1.807) is 0 Å². The molecule has 0 aliphatic carbocycles. The smallest absolute Gasteiger partial charge is 0.0641 e. The molecular weight excluding hydrogens is 260 g/mol. The molecule has 1 unspecified atom stereocenters. The van der Waals surface area contributed by atoms with Crippen molar-refractivity contribution in [3.63, 3.8) is 0 Å². The Labute approximate surface area is 126 Å². The van der Waals surface area contributed by atoms with Gasteiger partial charge in [0.1, 0.15) is 0 Å². The van der Waals surface area contributed by atoms with E-state index >= 15 is 0 Å². The Morgan fingerprint density at radius 3 is 2.67 bits per heavy atom. The van der Waals surface area contributed by atoms with Gasteiger partial charge in [-0.2, -0.15) is 5.10 Å². The van der Waals surface area contributed by atoms with E-state index < -0.39 is 0 Å². The average Bonchev–Trinajstić information content (AvgIpc) is 2.90. The highest BCUT2D eigenvalue weighted by molar-refractivity contribution is 5.38.